The predicted octanol–water partition coefficient (Wildman–Crippen LogP) is 0.573. The summed E-state index contributed by atoms with van der Waals surface area (Å²) in [5.41, 5.74) is 2.53. The van der Waals surface area contributed by atoms with Gasteiger partial charge in [0.05, 0.1) is 17.8 Å². The molecule has 1 heterocycles. The van der Waals surface area contributed by atoms with Crippen LogP contribution >= 0.6 is 11.6 Å². The summed E-state index contributed by atoms with van der Waals surface area (Å²) in [6, 6.07) is 5.31. The fourth-order valence-corrected chi connectivity index (χ4v) is 1.78. The standard InChI is InChI=1S/C11H12BClN2O2/c1-8-2-3-10(12(16)17)4-9(8)6-15-7-11(13)5-14-15/h2-5,7,16-17H,6H2,1H3. The normalized spacial score (nSPS) is 10.6. The monoisotopic (exact) mass is 250 g/mol. The molecular formula is C11H12BClN2O2. The molecule has 4 nitrogen and oxygen atoms in total. The molecule has 2 N–H and O–H groups in total. The molecule has 0 fully saturated rings. The summed E-state index contributed by atoms with van der Waals surface area (Å²) >= 11 is 5.78. The quantitative estimate of drug-likeness (QED) is 0.783. The Morgan fingerprint density at radius 3 is 2.76 bits per heavy atom. The van der Waals surface area contributed by atoms with Crippen molar-refractivity contribution in [3.05, 3.63) is 46.7 Å². The molecule has 0 aliphatic rings. The molecule has 2 aromatic rings. The zero-order chi connectivity index (χ0) is 12.4. The van der Waals surface area contributed by atoms with E-state index in [1.807, 2.05) is 13.0 Å². The average molecular weight is 250 g/mol. The number of aromatic nitrogens is 2. The van der Waals surface area contributed by atoms with E-state index in [1.165, 1.54) is 0 Å². The topological polar surface area (TPSA) is 58.3 Å². The van der Waals surface area contributed by atoms with E-state index in [2.05, 4.69) is 5.10 Å². The van der Waals surface area contributed by atoms with Crippen LogP contribution in [0.4, 0.5) is 0 Å². The minimum absolute atomic E-state index is 0.476. The van der Waals surface area contributed by atoms with Crippen LogP contribution in [0.3, 0.4) is 0 Å². The van der Waals surface area contributed by atoms with Crippen molar-refractivity contribution >= 4 is 24.2 Å². The van der Waals surface area contributed by atoms with Gasteiger partial charge in [-0.2, -0.15) is 5.10 Å². The van der Waals surface area contributed by atoms with Gasteiger partial charge in [0, 0.05) is 6.20 Å². The van der Waals surface area contributed by atoms with Crippen molar-refractivity contribution in [3.63, 3.8) is 0 Å². The van der Waals surface area contributed by atoms with Gasteiger partial charge in [-0.05, 0) is 23.5 Å². The fourth-order valence-electron chi connectivity index (χ4n) is 1.62. The Balaban J connectivity index is 2.28. The van der Waals surface area contributed by atoms with Crippen LogP contribution in [-0.2, 0) is 6.54 Å². The van der Waals surface area contributed by atoms with Crippen LogP contribution in [0.2, 0.25) is 5.02 Å². The number of hydrogen-bond donors (Lipinski definition) is 2. The largest absolute Gasteiger partial charge is 0.488 e. The van der Waals surface area contributed by atoms with Gasteiger partial charge in [-0.3, -0.25) is 4.68 Å². The van der Waals surface area contributed by atoms with Crippen molar-refractivity contribution in [3.8, 4) is 0 Å². The third-order valence-corrected chi connectivity index (χ3v) is 2.80. The van der Waals surface area contributed by atoms with E-state index in [-0.39, 0.29) is 0 Å². The molecular weight excluding hydrogens is 238 g/mol. The summed E-state index contributed by atoms with van der Waals surface area (Å²) in [5, 5.41) is 22.9. The van der Waals surface area contributed by atoms with E-state index in [0.717, 1.165) is 11.1 Å². The minimum Gasteiger partial charge on any atom is -0.423 e. The lowest BCUT2D eigenvalue weighted by molar-refractivity contribution is 0.425. The minimum atomic E-state index is -1.45. The van der Waals surface area contributed by atoms with Crippen molar-refractivity contribution in [2.75, 3.05) is 0 Å². The highest BCUT2D eigenvalue weighted by Gasteiger charge is 2.12. The molecule has 0 aliphatic carbocycles. The molecule has 0 aliphatic heterocycles. The lowest BCUT2D eigenvalue weighted by Gasteiger charge is -2.08. The van der Waals surface area contributed by atoms with E-state index >= 15 is 0 Å². The predicted molar refractivity (Wildman–Crippen MR) is 67.3 cm³/mol. The summed E-state index contributed by atoms with van der Waals surface area (Å²) in [6.45, 7) is 2.52. The molecule has 2 rings (SSSR count). The smallest absolute Gasteiger partial charge is 0.423 e. The third-order valence-electron chi connectivity index (χ3n) is 2.61. The van der Waals surface area contributed by atoms with Crippen molar-refractivity contribution in [2.24, 2.45) is 0 Å². The molecule has 0 unspecified atom stereocenters. The summed E-state index contributed by atoms with van der Waals surface area (Å²) in [5.74, 6) is 0. The zero-order valence-corrected chi connectivity index (χ0v) is 10.1. The van der Waals surface area contributed by atoms with E-state index in [0.29, 0.717) is 17.0 Å². The molecule has 88 valence electrons. The summed E-state index contributed by atoms with van der Waals surface area (Å²) in [7, 11) is -1.45. The molecule has 0 amide bonds. The van der Waals surface area contributed by atoms with Gasteiger partial charge in [-0.1, -0.05) is 29.8 Å². The lowest BCUT2D eigenvalue weighted by Crippen LogP contribution is -2.30. The van der Waals surface area contributed by atoms with Crippen LogP contribution in [0.5, 0.6) is 0 Å². The van der Waals surface area contributed by atoms with Crippen LogP contribution in [0.15, 0.2) is 30.6 Å². The molecule has 0 bridgehead atoms. The molecule has 0 spiro atoms. The highest BCUT2D eigenvalue weighted by atomic mass is 35.5. The van der Waals surface area contributed by atoms with E-state index in [4.69, 9.17) is 21.6 Å². The molecule has 1 aromatic heterocycles. The highest BCUT2D eigenvalue weighted by Crippen LogP contribution is 2.10. The molecule has 0 saturated heterocycles. The molecule has 17 heavy (non-hydrogen) atoms. The maximum atomic E-state index is 9.12. The first kappa shape index (κ1) is 12.2. The Kier molecular flexibility index (Phi) is 3.52. The second-order valence-electron chi connectivity index (χ2n) is 3.92. The first-order chi connectivity index (χ1) is 8.06. The van der Waals surface area contributed by atoms with Crippen molar-refractivity contribution < 1.29 is 10.0 Å². The van der Waals surface area contributed by atoms with Crippen molar-refractivity contribution in [2.45, 2.75) is 13.5 Å². The van der Waals surface area contributed by atoms with E-state index in [1.54, 1.807) is 29.2 Å². The van der Waals surface area contributed by atoms with Gasteiger partial charge in [0.2, 0.25) is 0 Å². The SMILES string of the molecule is Cc1ccc(B(O)O)cc1Cn1cc(Cl)cn1. The van der Waals surface area contributed by atoms with Crippen LogP contribution in [0.1, 0.15) is 11.1 Å². The Labute approximate surface area is 105 Å². The number of nitrogens with zero attached hydrogens (tertiary/aromatic N) is 2. The second-order valence-corrected chi connectivity index (χ2v) is 4.35. The van der Waals surface area contributed by atoms with Gasteiger partial charge < -0.3 is 10.0 Å². The maximum absolute atomic E-state index is 9.12. The van der Waals surface area contributed by atoms with Gasteiger partial charge in [0.15, 0.2) is 0 Å². The number of hydrogen-bond acceptors (Lipinski definition) is 3. The third kappa shape index (κ3) is 2.88. The first-order valence-electron chi connectivity index (χ1n) is 5.20. The number of rotatable bonds is 3. The Bertz CT molecular complexity index is 528. The molecule has 0 radical (unpaired) electrons. The fraction of sp³-hybridized carbons (Fsp3) is 0.182. The Morgan fingerprint density at radius 2 is 2.18 bits per heavy atom. The van der Waals surface area contributed by atoms with E-state index in [9.17, 15) is 0 Å². The van der Waals surface area contributed by atoms with Gasteiger partial charge in [0.1, 0.15) is 0 Å². The molecule has 0 saturated carbocycles. The van der Waals surface area contributed by atoms with Gasteiger partial charge in [0.25, 0.3) is 0 Å². The lowest BCUT2D eigenvalue weighted by atomic mass is 9.79. The molecule has 6 heteroatoms. The van der Waals surface area contributed by atoms with Crippen LogP contribution in [-0.4, -0.2) is 26.9 Å². The highest BCUT2D eigenvalue weighted by molar-refractivity contribution is 6.58. The van der Waals surface area contributed by atoms with Gasteiger partial charge in [-0.25, -0.2) is 0 Å². The second kappa shape index (κ2) is 4.92. The average Bonchev–Trinajstić information content (AvgIpc) is 2.67. The van der Waals surface area contributed by atoms with Gasteiger partial charge >= 0.3 is 7.12 Å². The zero-order valence-electron chi connectivity index (χ0n) is 9.34. The number of aryl methyl sites for hydroxylation is 1. The summed E-state index contributed by atoms with van der Waals surface area (Å²) in [6.07, 6.45) is 3.30. The summed E-state index contributed by atoms with van der Waals surface area (Å²) in [4.78, 5) is 0. The van der Waals surface area contributed by atoms with Crippen LogP contribution < -0.4 is 5.46 Å². The summed E-state index contributed by atoms with van der Waals surface area (Å²) < 4.78 is 1.71. The van der Waals surface area contributed by atoms with Crippen LogP contribution in [0.25, 0.3) is 0 Å². The molecule has 1 aromatic carbocycles. The maximum Gasteiger partial charge on any atom is 0.488 e. The van der Waals surface area contributed by atoms with Gasteiger partial charge in [-0.15, -0.1) is 0 Å². The molecule has 0 atom stereocenters. The van der Waals surface area contributed by atoms with Crippen LogP contribution in [0, 0.1) is 6.92 Å². The first-order valence-corrected chi connectivity index (χ1v) is 5.57. The van der Waals surface area contributed by atoms with E-state index < -0.39 is 7.12 Å². The number of benzene rings is 1. The number of halogens is 1. The Hall–Kier alpha value is -1.30. The van der Waals surface area contributed by atoms with Crippen molar-refractivity contribution in [1.29, 1.82) is 0 Å². The Morgan fingerprint density at radius 1 is 1.41 bits per heavy atom. The van der Waals surface area contributed by atoms with Crippen molar-refractivity contribution in [1.82, 2.24) is 9.78 Å².